The van der Waals surface area contributed by atoms with E-state index in [2.05, 4.69) is 121 Å². The summed E-state index contributed by atoms with van der Waals surface area (Å²) in [6.07, 6.45) is 7.48. The van der Waals surface area contributed by atoms with Gasteiger partial charge < -0.3 is 34.0 Å². The first-order valence-electron chi connectivity index (χ1n) is 27.0. The molecular weight excluding hydrogens is 1520 g/mol. The number of pyridine rings is 4. The number of aliphatic hydroxyl groups excluding tert-OH is 2. The molecule has 6 heterocycles. The van der Waals surface area contributed by atoms with Gasteiger partial charge >= 0.3 is 35.7 Å². The summed E-state index contributed by atoms with van der Waals surface area (Å²) in [5, 5.41) is 18.0. The molecule has 14 aromatic rings. The number of halogens is 3. The maximum Gasteiger partial charge on any atom is 3.00 e. The fourth-order valence-corrected chi connectivity index (χ4v) is 9.21. The molecule has 17 heteroatoms. The van der Waals surface area contributed by atoms with Crippen molar-refractivity contribution >= 4 is 54.0 Å². The molecule has 3 N–H and O–H groups in total. The summed E-state index contributed by atoms with van der Waals surface area (Å²) in [5.74, 6) is 0. The zero-order valence-corrected chi connectivity index (χ0v) is 53.8. The van der Waals surface area contributed by atoms with Crippen molar-refractivity contribution in [2.75, 3.05) is 0 Å². The first kappa shape index (κ1) is 70.0. The van der Waals surface area contributed by atoms with Crippen molar-refractivity contribution in [2.45, 2.75) is 19.4 Å². The van der Waals surface area contributed by atoms with Crippen LogP contribution in [0.1, 0.15) is 11.1 Å². The second-order valence-corrected chi connectivity index (χ2v) is 20.3. The number of aromatic nitrogens is 4. The predicted molar refractivity (Wildman–Crippen MR) is 342 cm³/mol. The van der Waals surface area contributed by atoms with Gasteiger partial charge in [-0.05, 0) is 89.6 Å². The number of alkyl halides is 3. The van der Waals surface area contributed by atoms with Gasteiger partial charge in [-0.2, -0.15) is 21.6 Å². The van der Waals surface area contributed by atoms with E-state index < -0.39 is 15.6 Å². The minimum Gasteiger partial charge on any atom is -0.569 e. The number of nitrogens with zero attached hydrogens (tertiary/aromatic N) is 4. The van der Waals surface area contributed by atoms with E-state index in [1.165, 1.54) is 33.4 Å². The van der Waals surface area contributed by atoms with Crippen LogP contribution in [-0.4, -0.2) is 48.6 Å². The summed E-state index contributed by atoms with van der Waals surface area (Å²) in [7, 11) is -1.34. The topological polar surface area (TPSA) is 173 Å². The number of hydrogen-bond donors (Lipinski definition) is 3. The second-order valence-electron chi connectivity index (χ2n) is 18.9. The monoisotopic (exact) mass is 1580 g/mol. The molecule has 0 bridgehead atoms. The third-order valence-electron chi connectivity index (χ3n) is 13.3. The Balaban J connectivity index is 0.000000179. The van der Waals surface area contributed by atoms with Crippen LogP contribution in [0.2, 0.25) is 0 Å². The number of aliphatic hydroxyl groups is 2. The molecular formula is C73H56F3Ir2N4O7S-2. The van der Waals surface area contributed by atoms with Crippen LogP contribution in [0.25, 0.3) is 111 Å². The van der Waals surface area contributed by atoms with Crippen LogP contribution in [0.4, 0.5) is 13.2 Å². The zero-order chi connectivity index (χ0) is 62.5. The number of hydrogen-bond acceptors (Lipinski definition) is 10. The van der Waals surface area contributed by atoms with Crippen LogP contribution in [0.3, 0.4) is 0 Å². The van der Waals surface area contributed by atoms with Gasteiger partial charge in [-0.25, -0.2) is 14.2 Å². The SMILES string of the molecule is Cc1cc(-c2[c-]cccc2)ncc1-c1ccccc1.Cc1cc(-c2[c-]cccc2)ncc1-c1ccccc1.O=S(=O)(O)C(F)(F)F.[CH2-]O.[CH2-]O.[Ir+3].[Ir].[c-]1ccc2c(oc3ccccc32)c1-c1ccccn1.c1ccc(-c2cccc3c2oc2ccccc23)nc1. The first-order chi connectivity index (χ1) is 42.8. The second kappa shape index (κ2) is 34.0. The molecule has 0 spiro atoms. The maximum absolute atomic E-state index is 10.7. The fraction of sp³-hybridized carbons (Fsp3) is 0.0411. The summed E-state index contributed by atoms with van der Waals surface area (Å²) >= 11 is 0. The number of para-hydroxylation sites is 3. The van der Waals surface area contributed by atoms with E-state index in [0.29, 0.717) is 0 Å². The van der Waals surface area contributed by atoms with Crippen molar-refractivity contribution in [1.29, 1.82) is 0 Å². The van der Waals surface area contributed by atoms with Gasteiger partial charge in [-0.3, -0.25) is 9.54 Å². The molecule has 0 saturated carbocycles. The van der Waals surface area contributed by atoms with Crippen LogP contribution in [0.15, 0.2) is 270 Å². The van der Waals surface area contributed by atoms with E-state index in [1.807, 2.05) is 194 Å². The summed E-state index contributed by atoms with van der Waals surface area (Å²) in [5.41, 5.74) is 13.0. The summed E-state index contributed by atoms with van der Waals surface area (Å²) < 4.78 is 69.5. The molecule has 8 aromatic carbocycles. The molecule has 0 aliphatic heterocycles. The smallest absolute Gasteiger partial charge is 0.569 e. The molecule has 457 valence electrons. The van der Waals surface area contributed by atoms with Gasteiger partial charge in [0.05, 0.1) is 11.3 Å². The van der Waals surface area contributed by atoms with Crippen molar-refractivity contribution in [3.8, 4) is 67.3 Å². The van der Waals surface area contributed by atoms with Gasteiger partial charge in [-0.1, -0.05) is 150 Å². The van der Waals surface area contributed by atoms with Crippen molar-refractivity contribution in [3.05, 3.63) is 305 Å². The Morgan fingerprint density at radius 3 is 1.28 bits per heavy atom. The quantitative estimate of drug-likeness (QED) is 0.0822. The Bertz CT molecular complexity index is 4320. The molecule has 0 aliphatic rings. The van der Waals surface area contributed by atoms with Gasteiger partial charge in [0, 0.05) is 77.7 Å². The average Bonchev–Trinajstić information content (AvgIpc) is 1.67. The van der Waals surface area contributed by atoms with Crippen molar-refractivity contribution in [2.24, 2.45) is 0 Å². The molecule has 6 aromatic heterocycles. The molecule has 0 aliphatic carbocycles. The minimum atomic E-state index is -5.84. The Morgan fingerprint density at radius 1 is 0.433 bits per heavy atom. The molecule has 14 rings (SSSR count). The van der Waals surface area contributed by atoms with Gasteiger partial charge in [0.2, 0.25) is 0 Å². The molecule has 0 atom stereocenters. The zero-order valence-electron chi connectivity index (χ0n) is 48.2. The molecule has 0 amide bonds. The summed E-state index contributed by atoms with van der Waals surface area (Å²) in [6, 6.07) is 88.5. The van der Waals surface area contributed by atoms with E-state index >= 15 is 0 Å². The molecule has 0 saturated heterocycles. The Morgan fingerprint density at radius 2 is 0.844 bits per heavy atom. The van der Waals surface area contributed by atoms with Gasteiger partial charge in [-0.15, -0.1) is 90.0 Å². The number of fused-ring (bicyclic) bond motifs is 6. The number of benzene rings is 8. The molecule has 11 nitrogen and oxygen atoms in total. The average molecular weight is 1570 g/mol. The number of furan rings is 2. The normalized spacial score (nSPS) is 10.5. The van der Waals surface area contributed by atoms with Gasteiger partial charge in [0.1, 0.15) is 16.7 Å². The third kappa shape index (κ3) is 17.8. The Labute approximate surface area is 547 Å². The number of rotatable bonds is 6. The molecule has 0 fully saturated rings. The van der Waals surface area contributed by atoms with Crippen molar-refractivity contribution in [1.82, 2.24) is 19.9 Å². The third-order valence-corrected chi connectivity index (χ3v) is 13.8. The standard InChI is InChI=1S/2C18H14N.C17H11NO.C17H10NO.CHF3O3S.2CH3O.2Ir/c2*1-14-12-18(16-10-6-3-7-11-16)19-13-17(14)15-8-4-2-5-9-15;2*1-2-10-16-12(6-1)13-7-5-8-14(17(13)19-16)15-9-3-4-11-18-15;2-1(3,4)8(5,6)7;2*1-2;;/h2*2-10,12-13H,1H3;1-11H;1-7,9-11H;(H,5,6,7);2*2H,1H2;;/q2*-1;;-1;;2*-1;;+3. The van der Waals surface area contributed by atoms with Crippen LogP contribution >= 0.6 is 0 Å². The summed E-state index contributed by atoms with van der Waals surface area (Å²) in [4.78, 5) is 17.9. The van der Waals surface area contributed by atoms with Gasteiger partial charge in [0.15, 0.2) is 0 Å². The van der Waals surface area contributed by atoms with Crippen LogP contribution < -0.4 is 0 Å². The largest absolute Gasteiger partial charge is 3.00 e. The Kier molecular flexibility index (Phi) is 26.4. The van der Waals surface area contributed by atoms with E-state index in [0.717, 1.165) is 88.9 Å². The maximum atomic E-state index is 10.7. The molecule has 90 heavy (non-hydrogen) atoms. The van der Waals surface area contributed by atoms with E-state index in [-0.39, 0.29) is 40.2 Å². The fourth-order valence-electron chi connectivity index (χ4n) is 9.21. The minimum absolute atomic E-state index is 0. The van der Waals surface area contributed by atoms with Gasteiger partial charge in [0.25, 0.3) is 0 Å². The van der Waals surface area contributed by atoms with Crippen LogP contribution in [0.5, 0.6) is 0 Å². The van der Waals surface area contributed by atoms with Crippen LogP contribution in [0, 0.1) is 46.3 Å². The number of aryl methyl sites for hydroxylation is 2. The summed E-state index contributed by atoms with van der Waals surface area (Å²) in [6.45, 7) is 4.24. The molecule has 0 unspecified atom stereocenters. The molecule has 1 radical (unpaired) electrons. The predicted octanol–water partition coefficient (Wildman–Crippen LogP) is 18.8. The van der Waals surface area contributed by atoms with Crippen molar-refractivity contribution < 1.29 is 85.4 Å². The van der Waals surface area contributed by atoms with E-state index in [1.54, 1.807) is 12.4 Å². The van der Waals surface area contributed by atoms with E-state index in [9.17, 15) is 13.2 Å². The Hall–Kier alpha value is -9.12. The van der Waals surface area contributed by atoms with Crippen LogP contribution in [-0.2, 0) is 50.3 Å². The van der Waals surface area contributed by atoms with Crippen molar-refractivity contribution in [3.63, 3.8) is 0 Å². The first-order valence-corrected chi connectivity index (χ1v) is 28.4. The van der Waals surface area contributed by atoms with E-state index in [4.69, 9.17) is 32.0 Å².